The zero-order chi connectivity index (χ0) is 28.7. The predicted octanol–water partition coefficient (Wildman–Crippen LogP) is 2.58. The first kappa shape index (κ1) is 30.2. The van der Waals surface area contributed by atoms with Crippen LogP contribution in [-0.2, 0) is 15.9 Å². The SMILES string of the molecule is NC(=[NH2+])c1ccc(C(NC(=O)OCc2cccc3ccccc23)P(=O)(Oc2ccccc2)Oc2ccccc2)cc1.[Cl-]. The van der Waals surface area contributed by atoms with Gasteiger partial charge in [-0.15, -0.1) is 0 Å². The Hall–Kier alpha value is -4.78. The Morgan fingerprint density at radius 3 is 1.90 bits per heavy atom. The van der Waals surface area contributed by atoms with Gasteiger partial charge in [-0.2, -0.15) is 0 Å². The third-order valence-electron chi connectivity index (χ3n) is 6.32. The average Bonchev–Trinajstić information content (AvgIpc) is 2.99. The van der Waals surface area contributed by atoms with Crippen LogP contribution in [0.1, 0.15) is 22.5 Å². The molecule has 0 aliphatic rings. The lowest BCUT2D eigenvalue weighted by molar-refractivity contribution is -0.114. The number of rotatable bonds is 10. The molecular weight excluding hydrogens is 573 g/mol. The summed E-state index contributed by atoms with van der Waals surface area (Å²) >= 11 is 0. The Bertz CT molecular complexity index is 1650. The molecule has 0 saturated heterocycles. The van der Waals surface area contributed by atoms with Gasteiger partial charge in [-0.25, -0.2) is 9.36 Å². The van der Waals surface area contributed by atoms with Crippen molar-refractivity contribution in [3.8, 4) is 11.5 Å². The van der Waals surface area contributed by atoms with E-state index in [2.05, 4.69) is 5.32 Å². The number of hydrogen-bond donors (Lipinski definition) is 3. The average molecular weight is 602 g/mol. The fraction of sp³-hybridized carbons (Fsp3) is 0.0625. The maximum absolute atomic E-state index is 14.7. The Morgan fingerprint density at radius 2 is 1.31 bits per heavy atom. The summed E-state index contributed by atoms with van der Waals surface area (Å²) in [5, 5.41) is 10.5. The monoisotopic (exact) mass is 601 g/mol. The minimum Gasteiger partial charge on any atom is -1.00 e. The van der Waals surface area contributed by atoms with Gasteiger partial charge in [-0.1, -0.05) is 91.0 Å². The van der Waals surface area contributed by atoms with Crippen LogP contribution >= 0.6 is 7.60 Å². The first-order chi connectivity index (χ1) is 19.9. The topological polar surface area (TPSA) is 125 Å². The number of nitrogens with two attached hydrogens (primary N) is 2. The zero-order valence-corrected chi connectivity index (χ0v) is 24.1. The molecule has 42 heavy (non-hydrogen) atoms. The molecule has 0 aliphatic heterocycles. The molecule has 5 N–H and O–H groups in total. The number of amides is 1. The smallest absolute Gasteiger partial charge is 0.457 e. The number of hydrogen-bond acceptors (Lipinski definition) is 5. The summed E-state index contributed by atoms with van der Waals surface area (Å²) in [6, 6.07) is 37.5. The van der Waals surface area contributed by atoms with Crippen LogP contribution in [0.5, 0.6) is 11.5 Å². The predicted molar refractivity (Wildman–Crippen MR) is 158 cm³/mol. The molecule has 0 fully saturated rings. The van der Waals surface area contributed by atoms with Gasteiger partial charge >= 0.3 is 13.7 Å². The maximum atomic E-state index is 14.7. The molecule has 5 aromatic rings. The van der Waals surface area contributed by atoms with Gasteiger partial charge in [0.25, 0.3) is 5.84 Å². The molecule has 5 aromatic carbocycles. The lowest BCUT2D eigenvalue weighted by Crippen LogP contribution is -3.00. The normalized spacial score (nSPS) is 11.5. The maximum Gasteiger partial charge on any atom is 0.457 e. The second-order valence-corrected chi connectivity index (χ2v) is 11.1. The largest absolute Gasteiger partial charge is 1.00 e. The number of nitrogens with one attached hydrogen (secondary N) is 1. The first-order valence-electron chi connectivity index (χ1n) is 12.9. The highest BCUT2D eigenvalue weighted by Crippen LogP contribution is 2.59. The third-order valence-corrected chi connectivity index (χ3v) is 8.31. The number of alkyl carbamates (subject to hydrolysis) is 1. The molecule has 0 aromatic heterocycles. The molecule has 0 saturated carbocycles. The number of benzene rings is 5. The molecule has 0 bridgehead atoms. The molecule has 0 spiro atoms. The van der Waals surface area contributed by atoms with E-state index in [1.807, 2.05) is 54.6 Å². The van der Waals surface area contributed by atoms with E-state index in [9.17, 15) is 9.36 Å². The highest BCUT2D eigenvalue weighted by molar-refractivity contribution is 7.55. The van der Waals surface area contributed by atoms with E-state index in [4.69, 9.17) is 24.9 Å². The van der Waals surface area contributed by atoms with E-state index in [1.54, 1.807) is 72.8 Å². The highest BCUT2D eigenvalue weighted by Gasteiger charge is 2.42. The van der Waals surface area contributed by atoms with Crippen molar-refractivity contribution < 1.29 is 41.0 Å². The number of carbonyl (C=O) groups excluding carboxylic acids is 1. The molecule has 5 rings (SSSR count). The fourth-order valence-electron chi connectivity index (χ4n) is 4.30. The van der Waals surface area contributed by atoms with Crippen molar-refractivity contribution in [2.45, 2.75) is 12.4 Å². The third kappa shape index (κ3) is 7.29. The number of halogens is 1. The number of fused-ring (bicyclic) bond motifs is 1. The summed E-state index contributed by atoms with van der Waals surface area (Å²) in [7, 11) is -4.20. The summed E-state index contributed by atoms with van der Waals surface area (Å²) in [4.78, 5) is 13.3. The van der Waals surface area contributed by atoms with Gasteiger partial charge in [-0.3, -0.25) is 11.1 Å². The van der Waals surface area contributed by atoms with Gasteiger partial charge in [0.2, 0.25) is 0 Å². The van der Waals surface area contributed by atoms with E-state index in [0.29, 0.717) is 22.6 Å². The molecule has 10 heteroatoms. The highest BCUT2D eigenvalue weighted by atomic mass is 35.5. The van der Waals surface area contributed by atoms with Crippen LogP contribution in [0, 0.1) is 0 Å². The lowest BCUT2D eigenvalue weighted by Gasteiger charge is -2.28. The first-order valence-corrected chi connectivity index (χ1v) is 14.5. The van der Waals surface area contributed by atoms with Crippen molar-refractivity contribution >= 4 is 30.3 Å². The van der Waals surface area contributed by atoms with Crippen molar-refractivity contribution in [2.75, 3.05) is 0 Å². The zero-order valence-electron chi connectivity index (χ0n) is 22.4. The number of carbonyl (C=O) groups is 1. The Labute approximate surface area is 249 Å². The van der Waals surface area contributed by atoms with Crippen molar-refractivity contribution in [3.05, 3.63) is 144 Å². The van der Waals surface area contributed by atoms with Gasteiger partial charge in [-0.05, 0) is 58.3 Å². The van der Waals surface area contributed by atoms with Gasteiger partial charge in [0.1, 0.15) is 18.1 Å². The molecule has 0 aliphatic carbocycles. The summed E-state index contributed by atoms with van der Waals surface area (Å²) in [5.74, 6) is -0.520. The van der Waals surface area contributed by atoms with Crippen LogP contribution in [0.15, 0.2) is 127 Å². The summed E-state index contributed by atoms with van der Waals surface area (Å²) in [6.45, 7) is 0.000891. The van der Waals surface area contributed by atoms with E-state index in [0.717, 1.165) is 16.3 Å². The van der Waals surface area contributed by atoms with E-state index in [-0.39, 0.29) is 24.8 Å². The van der Waals surface area contributed by atoms with Gasteiger partial charge in [0.15, 0.2) is 5.78 Å². The van der Waals surface area contributed by atoms with Crippen molar-refractivity contribution in [2.24, 2.45) is 5.73 Å². The molecule has 8 nitrogen and oxygen atoms in total. The minimum atomic E-state index is -4.20. The van der Waals surface area contributed by atoms with Gasteiger partial charge in [0, 0.05) is 0 Å². The standard InChI is InChI=1S/C32H28N3O5P.ClH/c33-30(34)24-18-20-25(21-19-24)31(35-32(36)38-22-26-12-9-11-23-10-7-8-17-29(23)26)41(37,39-27-13-3-1-4-14-27)40-28-15-5-2-6-16-28;/h1-21,31H,22H2,(H3,33,34)(H,35,36);1H. The Morgan fingerprint density at radius 1 is 0.762 bits per heavy atom. The van der Waals surface area contributed by atoms with Crippen molar-refractivity contribution in [1.29, 1.82) is 0 Å². The molecular formula is C32H29ClN3O5P. The second kappa shape index (κ2) is 13.7. The van der Waals surface area contributed by atoms with Crippen molar-refractivity contribution in [1.82, 2.24) is 5.32 Å². The van der Waals surface area contributed by atoms with Crippen LogP contribution in [0.3, 0.4) is 0 Å². The summed E-state index contributed by atoms with van der Waals surface area (Å²) in [6.07, 6.45) is -0.800. The number of ether oxygens (including phenoxy) is 1. The Kier molecular flexibility index (Phi) is 9.86. The lowest BCUT2D eigenvalue weighted by atomic mass is 10.1. The van der Waals surface area contributed by atoms with Gasteiger partial charge < -0.3 is 31.5 Å². The van der Waals surface area contributed by atoms with Crippen LogP contribution in [-0.4, -0.2) is 11.9 Å². The fourth-order valence-corrected chi connectivity index (χ4v) is 6.18. The van der Waals surface area contributed by atoms with Crippen LogP contribution in [0.2, 0.25) is 0 Å². The minimum absolute atomic E-state index is 0. The van der Waals surface area contributed by atoms with Gasteiger partial charge in [0.05, 0.1) is 5.56 Å². The van der Waals surface area contributed by atoms with Crippen LogP contribution in [0.4, 0.5) is 4.79 Å². The molecule has 0 heterocycles. The second-order valence-electron chi connectivity index (χ2n) is 9.19. The quantitative estimate of drug-likeness (QED) is 0.128. The Balaban J connectivity index is 0.00000405. The molecule has 1 atom stereocenters. The molecule has 214 valence electrons. The summed E-state index contributed by atoms with van der Waals surface area (Å²) in [5.41, 5.74) is 7.59. The van der Waals surface area contributed by atoms with E-state index in [1.165, 1.54) is 0 Å². The molecule has 1 unspecified atom stereocenters. The van der Waals surface area contributed by atoms with Crippen molar-refractivity contribution in [3.63, 3.8) is 0 Å². The van der Waals surface area contributed by atoms with Crippen LogP contribution < -0.4 is 37.9 Å². The number of para-hydroxylation sites is 2. The summed E-state index contributed by atoms with van der Waals surface area (Å²) < 4.78 is 32.4. The number of amidine groups is 1. The van der Waals surface area contributed by atoms with E-state index < -0.39 is 19.5 Å². The van der Waals surface area contributed by atoms with Crippen LogP contribution in [0.25, 0.3) is 10.8 Å². The molecule has 0 radical (unpaired) electrons. The van der Waals surface area contributed by atoms with E-state index >= 15 is 0 Å². The molecule has 1 amide bonds.